The maximum atomic E-state index is 11.5. The second kappa shape index (κ2) is 6.37. The van der Waals surface area contributed by atoms with Crippen LogP contribution >= 0.6 is 11.6 Å². The summed E-state index contributed by atoms with van der Waals surface area (Å²) in [5.74, 6) is 0.238. The molecular weight excluding hydrogens is 264 g/mol. The molecule has 1 heterocycles. The molecule has 1 saturated heterocycles. The SMILES string of the molecule is COC(=O)c1ccc(Cl)c(CN2CCC(CN)C2)c1. The van der Waals surface area contributed by atoms with E-state index in [1.54, 1.807) is 12.1 Å². The highest BCUT2D eigenvalue weighted by Crippen LogP contribution is 2.23. The van der Waals surface area contributed by atoms with E-state index in [-0.39, 0.29) is 5.97 Å². The Morgan fingerprint density at radius 2 is 2.37 bits per heavy atom. The number of rotatable bonds is 4. The van der Waals surface area contributed by atoms with Crippen LogP contribution in [-0.4, -0.2) is 37.6 Å². The molecule has 0 spiro atoms. The number of methoxy groups -OCH3 is 1. The molecule has 1 aliphatic rings. The van der Waals surface area contributed by atoms with E-state index in [1.165, 1.54) is 7.11 Å². The number of benzene rings is 1. The molecule has 1 aromatic rings. The van der Waals surface area contributed by atoms with Gasteiger partial charge >= 0.3 is 5.97 Å². The van der Waals surface area contributed by atoms with Crippen LogP contribution in [0.5, 0.6) is 0 Å². The number of carbonyl (C=O) groups is 1. The van der Waals surface area contributed by atoms with Gasteiger partial charge in [0.1, 0.15) is 0 Å². The molecule has 19 heavy (non-hydrogen) atoms. The smallest absolute Gasteiger partial charge is 0.337 e. The van der Waals surface area contributed by atoms with Gasteiger partial charge < -0.3 is 10.5 Å². The Kier molecular flexibility index (Phi) is 4.80. The molecule has 1 atom stereocenters. The molecule has 1 aromatic carbocycles. The number of likely N-dealkylation sites (tertiary alicyclic amines) is 1. The van der Waals surface area contributed by atoms with Crippen molar-refractivity contribution in [1.82, 2.24) is 4.90 Å². The van der Waals surface area contributed by atoms with E-state index in [0.29, 0.717) is 16.5 Å². The first-order valence-electron chi connectivity index (χ1n) is 6.43. The summed E-state index contributed by atoms with van der Waals surface area (Å²) in [6.45, 7) is 3.50. The van der Waals surface area contributed by atoms with E-state index >= 15 is 0 Å². The van der Waals surface area contributed by atoms with Crippen molar-refractivity contribution in [2.75, 3.05) is 26.7 Å². The number of nitrogens with zero attached hydrogens (tertiary/aromatic N) is 1. The van der Waals surface area contributed by atoms with Crippen LogP contribution in [0.4, 0.5) is 0 Å². The third-order valence-corrected chi connectivity index (χ3v) is 3.93. The average molecular weight is 283 g/mol. The number of nitrogens with two attached hydrogens (primary N) is 1. The predicted octanol–water partition coefficient (Wildman–Crippen LogP) is 1.91. The van der Waals surface area contributed by atoms with Crippen molar-refractivity contribution in [2.24, 2.45) is 11.7 Å². The van der Waals surface area contributed by atoms with Crippen molar-refractivity contribution < 1.29 is 9.53 Å². The summed E-state index contributed by atoms with van der Waals surface area (Å²) in [5, 5.41) is 0.684. The topological polar surface area (TPSA) is 55.6 Å². The second-order valence-electron chi connectivity index (χ2n) is 4.92. The molecule has 0 radical (unpaired) electrons. The number of hydrogen-bond acceptors (Lipinski definition) is 4. The van der Waals surface area contributed by atoms with Crippen molar-refractivity contribution >= 4 is 17.6 Å². The lowest BCUT2D eigenvalue weighted by atomic mass is 10.1. The monoisotopic (exact) mass is 282 g/mol. The van der Waals surface area contributed by atoms with Crippen LogP contribution in [0.2, 0.25) is 5.02 Å². The molecule has 2 N–H and O–H groups in total. The molecule has 1 unspecified atom stereocenters. The summed E-state index contributed by atoms with van der Waals surface area (Å²) in [6, 6.07) is 5.24. The number of esters is 1. The maximum Gasteiger partial charge on any atom is 0.337 e. The summed E-state index contributed by atoms with van der Waals surface area (Å²) < 4.78 is 4.72. The van der Waals surface area contributed by atoms with E-state index in [4.69, 9.17) is 22.1 Å². The highest BCUT2D eigenvalue weighted by atomic mass is 35.5. The number of hydrogen-bond donors (Lipinski definition) is 1. The summed E-state index contributed by atoms with van der Waals surface area (Å²) >= 11 is 6.19. The summed E-state index contributed by atoms with van der Waals surface area (Å²) in [5.41, 5.74) is 7.19. The van der Waals surface area contributed by atoms with Gasteiger partial charge in [0, 0.05) is 18.1 Å². The number of ether oxygens (including phenoxy) is 1. The lowest BCUT2D eigenvalue weighted by Gasteiger charge is -2.17. The molecule has 0 aliphatic carbocycles. The third kappa shape index (κ3) is 3.47. The van der Waals surface area contributed by atoms with E-state index < -0.39 is 0 Å². The van der Waals surface area contributed by atoms with Gasteiger partial charge in [0.05, 0.1) is 12.7 Å². The molecular formula is C14H19ClN2O2. The van der Waals surface area contributed by atoms with Gasteiger partial charge in [-0.1, -0.05) is 11.6 Å². The molecule has 0 aromatic heterocycles. The molecule has 0 amide bonds. The van der Waals surface area contributed by atoms with Gasteiger partial charge in [-0.25, -0.2) is 4.79 Å². The highest BCUT2D eigenvalue weighted by molar-refractivity contribution is 6.31. The standard InChI is InChI=1S/C14H19ClN2O2/c1-19-14(18)11-2-3-13(15)12(6-11)9-17-5-4-10(7-16)8-17/h2-3,6,10H,4-5,7-9,16H2,1H3. The Bertz CT molecular complexity index is 465. The average Bonchev–Trinajstić information content (AvgIpc) is 2.88. The molecule has 1 aliphatic heterocycles. The van der Waals surface area contributed by atoms with Gasteiger partial charge in [-0.05, 0) is 49.2 Å². The van der Waals surface area contributed by atoms with Gasteiger partial charge in [-0.3, -0.25) is 4.90 Å². The minimum atomic E-state index is -0.334. The molecule has 2 rings (SSSR count). The molecule has 1 fully saturated rings. The Labute approximate surface area is 118 Å². The fraction of sp³-hybridized carbons (Fsp3) is 0.500. The molecule has 4 nitrogen and oxygen atoms in total. The first-order valence-corrected chi connectivity index (χ1v) is 6.81. The summed E-state index contributed by atoms with van der Waals surface area (Å²) in [7, 11) is 1.38. The minimum absolute atomic E-state index is 0.334. The molecule has 0 saturated carbocycles. The Balaban J connectivity index is 2.09. The van der Waals surface area contributed by atoms with Gasteiger partial charge in [-0.15, -0.1) is 0 Å². The van der Waals surface area contributed by atoms with E-state index in [9.17, 15) is 4.79 Å². The van der Waals surface area contributed by atoms with Crippen molar-refractivity contribution in [3.05, 3.63) is 34.3 Å². The highest BCUT2D eigenvalue weighted by Gasteiger charge is 2.22. The van der Waals surface area contributed by atoms with Gasteiger partial charge in [0.15, 0.2) is 0 Å². The quantitative estimate of drug-likeness (QED) is 0.857. The lowest BCUT2D eigenvalue weighted by molar-refractivity contribution is 0.0600. The first kappa shape index (κ1) is 14.3. The fourth-order valence-corrected chi connectivity index (χ4v) is 2.61. The van der Waals surface area contributed by atoms with Crippen LogP contribution in [0.1, 0.15) is 22.3 Å². The van der Waals surface area contributed by atoms with Crippen molar-refractivity contribution in [2.45, 2.75) is 13.0 Å². The zero-order chi connectivity index (χ0) is 13.8. The Hall–Kier alpha value is -1.10. The molecule has 104 valence electrons. The second-order valence-corrected chi connectivity index (χ2v) is 5.33. The Morgan fingerprint density at radius 1 is 1.58 bits per heavy atom. The number of carbonyl (C=O) groups excluding carboxylic acids is 1. The van der Waals surface area contributed by atoms with E-state index in [1.807, 2.05) is 6.07 Å². The van der Waals surface area contributed by atoms with E-state index in [2.05, 4.69) is 4.90 Å². The van der Waals surface area contributed by atoms with Crippen LogP contribution in [0.25, 0.3) is 0 Å². The lowest BCUT2D eigenvalue weighted by Crippen LogP contribution is -2.23. The molecule has 5 heteroatoms. The van der Waals surface area contributed by atoms with Crippen LogP contribution in [0.15, 0.2) is 18.2 Å². The summed E-state index contributed by atoms with van der Waals surface area (Å²) in [4.78, 5) is 13.8. The fourth-order valence-electron chi connectivity index (χ4n) is 2.43. The zero-order valence-corrected chi connectivity index (χ0v) is 11.8. The van der Waals surface area contributed by atoms with Crippen LogP contribution < -0.4 is 5.73 Å². The Morgan fingerprint density at radius 3 is 3.00 bits per heavy atom. The van der Waals surface area contributed by atoms with Crippen molar-refractivity contribution in [1.29, 1.82) is 0 Å². The zero-order valence-electron chi connectivity index (χ0n) is 11.1. The van der Waals surface area contributed by atoms with Crippen LogP contribution in [-0.2, 0) is 11.3 Å². The van der Waals surface area contributed by atoms with Crippen molar-refractivity contribution in [3.8, 4) is 0 Å². The largest absolute Gasteiger partial charge is 0.465 e. The minimum Gasteiger partial charge on any atom is -0.465 e. The van der Waals surface area contributed by atoms with Crippen LogP contribution in [0.3, 0.4) is 0 Å². The third-order valence-electron chi connectivity index (χ3n) is 3.56. The number of halogens is 1. The normalized spacial score (nSPS) is 19.6. The first-order chi connectivity index (χ1) is 9.13. The maximum absolute atomic E-state index is 11.5. The molecule has 0 bridgehead atoms. The predicted molar refractivity (Wildman–Crippen MR) is 75.2 cm³/mol. The van der Waals surface area contributed by atoms with E-state index in [0.717, 1.165) is 38.2 Å². The summed E-state index contributed by atoms with van der Waals surface area (Å²) in [6.07, 6.45) is 1.13. The van der Waals surface area contributed by atoms with Gasteiger partial charge in [0.25, 0.3) is 0 Å². The van der Waals surface area contributed by atoms with Gasteiger partial charge in [-0.2, -0.15) is 0 Å². The van der Waals surface area contributed by atoms with Crippen molar-refractivity contribution in [3.63, 3.8) is 0 Å². The van der Waals surface area contributed by atoms with Crippen LogP contribution in [0, 0.1) is 5.92 Å². The van der Waals surface area contributed by atoms with Gasteiger partial charge in [0.2, 0.25) is 0 Å².